The quantitative estimate of drug-likeness (QED) is 0.322. The lowest BCUT2D eigenvalue weighted by molar-refractivity contribution is 0.401. The van der Waals surface area contributed by atoms with Crippen LogP contribution in [0, 0.1) is 11.3 Å². The molecule has 0 aromatic heterocycles. The molecule has 2 rings (SSSR count). The van der Waals surface area contributed by atoms with Crippen molar-refractivity contribution in [1.82, 2.24) is 4.72 Å². The molecular formula is C19H19BrN2O4S. The maximum atomic E-state index is 12.3. The van der Waals surface area contributed by atoms with Crippen molar-refractivity contribution in [2.45, 2.75) is 19.3 Å². The highest BCUT2D eigenvalue weighted by Crippen LogP contribution is 2.35. The van der Waals surface area contributed by atoms with E-state index in [0.29, 0.717) is 6.42 Å². The lowest BCUT2D eigenvalue weighted by Gasteiger charge is -2.07. The maximum Gasteiger partial charge on any atom is 0.250 e. The van der Waals surface area contributed by atoms with Gasteiger partial charge >= 0.3 is 0 Å². The van der Waals surface area contributed by atoms with Gasteiger partial charge in [-0.2, -0.15) is 5.26 Å². The van der Waals surface area contributed by atoms with Gasteiger partial charge in [0.15, 0.2) is 16.4 Å². The molecule has 0 unspecified atom stereocenters. The number of aromatic hydroxyl groups is 2. The molecule has 8 heteroatoms. The number of hydrogen-bond acceptors (Lipinski definition) is 5. The molecule has 0 bridgehead atoms. The van der Waals surface area contributed by atoms with Crippen LogP contribution < -0.4 is 4.72 Å². The van der Waals surface area contributed by atoms with Gasteiger partial charge in [-0.05, 0) is 64.5 Å². The molecule has 142 valence electrons. The van der Waals surface area contributed by atoms with Gasteiger partial charge in [-0.25, -0.2) is 13.1 Å². The first kappa shape index (κ1) is 21.0. The number of hydrogen-bond donors (Lipinski definition) is 3. The fourth-order valence-electron chi connectivity index (χ4n) is 2.39. The Kier molecular flexibility index (Phi) is 7.42. The third kappa shape index (κ3) is 6.10. The predicted octanol–water partition coefficient (Wildman–Crippen LogP) is 3.67. The molecule has 0 fully saturated rings. The number of sulfonamides is 1. The summed E-state index contributed by atoms with van der Waals surface area (Å²) < 4.78 is 27.2. The Bertz CT molecular complexity index is 944. The Morgan fingerprint density at radius 2 is 1.89 bits per heavy atom. The number of nitriles is 1. The van der Waals surface area contributed by atoms with E-state index in [2.05, 4.69) is 20.7 Å². The molecule has 3 N–H and O–H groups in total. The number of rotatable bonds is 8. The number of nitrogens with one attached hydrogen (secondary N) is 1. The van der Waals surface area contributed by atoms with Gasteiger partial charge in [0.2, 0.25) is 0 Å². The van der Waals surface area contributed by atoms with Crippen LogP contribution in [0.5, 0.6) is 11.5 Å². The molecule has 2 aromatic rings. The normalized spacial score (nSPS) is 11.9. The second-order valence-electron chi connectivity index (χ2n) is 5.83. The van der Waals surface area contributed by atoms with Gasteiger partial charge < -0.3 is 10.2 Å². The average Bonchev–Trinajstić information content (AvgIpc) is 2.64. The molecule has 0 aliphatic heterocycles. The number of aryl methyl sites for hydroxylation is 1. The summed E-state index contributed by atoms with van der Waals surface area (Å²) in [6.07, 6.45) is 3.44. The van der Waals surface area contributed by atoms with Crippen LogP contribution in [-0.2, 0) is 16.4 Å². The number of halogens is 1. The summed E-state index contributed by atoms with van der Waals surface area (Å²) in [5.74, 6) is -0.774. The number of phenolic OH excluding ortho intramolecular Hbond substituents is 2. The van der Waals surface area contributed by atoms with Gasteiger partial charge in [0.25, 0.3) is 10.0 Å². The second kappa shape index (κ2) is 9.55. The molecule has 0 saturated heterocycles. The molecule has 0 radical (unpaired) electrons. The Morgan fingerprint density at radius 1 is 1.19 bits per heavy atom. The van der Waals surface area contributed by atoms with Crippen molar-refractivity contribution in [3.8, 4) is 17.6 Å². The largest absolute Gasteiger partial charge is 0.504 e. The predicted molar refractivity (Wildman–Crippen MR) is 107 cm³/mol. The smallest absolute Gasteiger partial charge is 0.250 e. The monoisotopic (exact) mass is 450 g/mol. The molecule has 0 aliphatic carbocycles. The van der Waals surface area contributed by atoms with Gasteiger partial charge in [0.1, 0.15) is 6.07 Å². The molecule has 0 amide bonds. The minimum Gasteiger partial charge on any atom is -0.504 e. The highest BCUT2D eigenvalue weighted by atomic mass is 79.9. The Balaban J connectivity index is 1.98. The van der Waals surface area contributed by atoms with Crippen molar-refractivity contribution in [2.24, 2.45) is 0 Å². The highest BCUT2D eigenvalue weighted by molar-refractivity contribution is 9.10. The molecular weight excluding hydrogens is 432 g/mol. The van der Waals surface area contributed by atoms with Gasteiger partial charge in [-0.3, -0.25) is 0 Å². The fraction of sp³-hybridized carbons (Fsp3) is 0.211. The van der Waals surface area contributed by atoms with Crippen molar-refractivity contribution in [3.05, 3.63) is 63.0 Å². The topological polar surface area (TPSA) is 110 Å². The molecule has 27 heavy (non-hydrogen) atoms. The summed E-state index contributed by atoms with van der Waals surface area (Å²) in [7, 11) is -3.96. The molecule has 0 spiro atoms. The molecule has 2 aromatic carbocycles. The summed E-state index contributed by atoms with van der Waals surface area (Å²) in [5.41, 5.74) is 1.46. The number of unbranched alkanes of at least 4 members (excludes halogenated alkanes) is 1. The summed E-state index contributed by atoms with van der Waals surface area (Å²) >= 11 is 3.05. The van der Waals surface area contributed by atoms with Gasteiger partial charge in [-0.15, -0.1) is 0 Å². The third-order valence-corrected chi connectivity index (χ3v) is 5.77. The lowest BCUT2D eigenvalue weighted by Crippen LogP contribution is -2.25. The number of nitrogens with zero attached hydrogens (tertiary/aromatic N) is 1. The van der Waals surface area contributed by atoms with Gasteiger partial charge in [0.05, 0.1) is 4.47 Å². The first-order valence-electron chi connectivity index (χ1n) is 8.20. The minimum absolute atomic E-state index is 0.192. The number of phenols is 2. The fourth-order valence-corrected chi connectivity index (χ4v) is 3.84. The summed E-state index contributed by atoms with van der Waals surface area (Å²) in [4.78, 5) is -0.470. The van der Waals surface area contributed by atoms with Crippen LogP contribution in [0.15, 0.2) is 51.8 Å². The van der Waals surface area contributed by atoms with Crippen LogP contribution >= 0.6 is 15.9 Å². The van der Waals surface area contributed by atoms with Crippen molar-refractivity contribution in [2.75, 3.05) is 6.54 Å². The zero-order chi connectivity index (χ0) is 19.9. The van der Waals surface area contributed by atoms with Crippen molar-refractivity contribution < 1.29 is 18.6 Å². The molecule has 0 atom stereocenters. The van der Waals surface area contributed by atoms with E-state index in [0.717, 1.165) is 18.9 Å². The molecule has 0 heterocycles. The lowest BCUT2D eigenvalue weighted by atomic mass is 10.1. The van der Waals surface area contributed by atoms with E-state index < -0.39 is 20.7 Å². The van der Waals surface area contributed by atoms with Crippen molar-refractivity contribution in [1.29, 1.82) is 5.26 Å². The van der Waals surface area contributed by atoms with Crippen LogP contribution in [0.1, 0.15) is 24.0 Å². The van der Waals surface area contributed by atoms with Crippen LogP contribution in [0.4, 0.5) is 0 Å². The zero-order valence-corrected chi connectivity index (χ0v) is 16.8. The first-order valence-corrected chi connectivity index (χ1v) is 10.5. The second-order valence-corrected chi connectivity index (χ2v) is 8.42. The summed E-state index contributed by atoms with van der Waals surface area (Å²) in [6, 6.07) is 14.1. The number of allylic oxidation sites excluding steroid dienone is 1. The van der Waals surface area contributed by atoms with E-state index in [4.69, 9.17) is 0 Å². The molecule has 0 aliphatic rings. The summed E-state index contributed by atoms with van der Waals surface area (Å²) in [6.45, 7) is 0.221. The molecule has 6 nitrogen and oxygen atoms in total. The standard InChI is InChI=1S/C19H19BrN2O4S/c20-17-11-15(12-18(23)19(17)24)10-16(13-21)27(25,26)22-9-5-4-8-14-6-2-1-3-7-14/h1-3,6-7,10-12,22-24H,4-5,8-9H2/b16-10-. The van der Waals surface area contributed by atoms with Crippen molar-refractivity contribution in [3.63, 3.8) is 0 Å². The van der Waals surface area contributed by atoms with E-state index >= 15 is 0 Å². The van der Waals surface area contributed by atoms with E-state index in [1.165, 1.54) is 17.7 Å². The van der Waals surface area contributed by atoms with Crippen LogP contribution in [-0.4, -0.2) is 25.2 Å². The zero-order valence-electron chi connectivity index (χ0n) is 14.4. The SMILES string of the molecule is N#C/C(=C/c1cc(O)c(O)c(Br)c1)S(=O)(=O)NCCCCc1ccccc1. The van der Waals surface area contributed by atoms with Crippen molar-refractivity contribution >= 4 is 32.0 Å². The highest BCUT2D eigenvalue weighted by Gasteiger charge is 2.17. The van der Waals surface area contributed by atoms with Crippen LogP contribution in [0.25, 0.3) is 6.08 Å². The van der Waals surface area contributed by atoms with Crippen LogP contribution in [0.2, 0.25) is 0 Å². The first-order chi connectivity index (χ1) is 12.8. The van der Waals surface area contributed by atoms with E-state index in [1.54, 1.807) is 6.07 Å². The third-order valence-electron chi connectivity index (χ3n) is 3.79. The average molecular weight is 451 g/mol. The minimum atomic E-state index is -3.96. The Morgan fingerprint density at radius 3 is 2.52 bits per heavy atom. The number of benzene rings is 2. The Hall–Kier alpha value is -2.34. The van der Waals surface area contributed by atoms with E-state index in [9.17, 15) is 23.9 Å². The molecule has 0 saturated carbocycles. The maximum absolute atomic E-state index is 12.3. The van der Waals surface area contributed by atoms with E-state index in [1.807, 2.05) is 30.3 Å². The Labute approximate surface area is 167 Å². The van der Waals surface area contributed by atoms with Gasteiger partial charge in [-0.1, -0.05) is 30.3 Å². The van der Waals surface area contributed by atoms with Crippen LogP contribution in [0.3, 0.4) is 0 Å². The van der Waals surface area contributed by atoms with E-state index in [-0.39, 0.29) is 22.3 Å². The van der Waals surface area contributed by atoms with Gasteiger partial charge in [0, 0.05) is 6.54 Å². The summed E-state index contributed by atoms with van der Waals surface area (Å²) in [5, 5.41) is 28.3.